The average molecular weight is 340 g/mol. The Morgan fingerprint density at radius 3 is 1.30 bits per heavy atom. The van der Waals surface area contributed by atoms with Gasteiger partial charge >= 0.3 is 0 Å². The third-order valence-corrected chi connectivity index (χ3v) is 3.44. The SMILES string of the molecule is Cc1cc(C)c(-[n+]2c(C)cc(C)cc2C)c(C)c1.[O-][Cl+3]([O-])([O-])[O-]. The van der Waals surface area contributed by atoms with E-state index in [2.05, 4.69) is 70.4 Å². The van der Waals surface area contributed by atoms with Gasteiger partial charge in [0.1, 0.15) is 0 Å². The van der Waals surface area contributed by atoms with Crippen LogP contribution in [0.2, 0.25) is 0 Å². The smallest absolute Gasteiger partial charge is 0.216 e. The van der Waals surface area contributed by atoms with Crippen molar-refractivity contribution < 1.29 is 33.4 Å². The van der Waals surface area contributed by atoms with E-state index in [4.69, 9.17) is 18.6 Å². The molecule has 0 spiro atoms. The zero-order valence-electron chi connectivity index (χ0n) is 14.3. The Morgan fingerprint density at radius 1 is 0.652 bits per heavy atom. The summed E-state index contributed by atoms with van der Waals surface area (Å²) in [5.74, 6) is 0. The van der Waals surface area contributed by atoms with Crippen LogP contribution in [-0.4, -0.2) is 0 Å². The highest BCUT2D eigenvalue weighted by atomic mass is 35.7. The van der Waals surface area contributed by atoms with Crippen molar-refractivity contribution in [1.29, 1.82) is 0 Å². The standard InChI is InChI=1S/C17H22N.ClHO4/c1-11-7-13(3)17(14(4)8-11)18-15(5)9-12(2)10-16(18)6;2-1(3,4)5/h7-10H,1-6H3;(H,2,3,4,5)/q+1;/p-1. The minimum absolute atomic E-state index is 1.29. The molecule has 126 valence electrons. The first-order valence-corrected chi connectivity index (χ1v) is 8.33. The number of pyridine rings is 1. The summed E-state index contributed by atoms with van der Waals surface area (Å²) in [5, 5.41) is 0. The summed E-state index contributed by atoms with van der Waals surface area (Å²) < 4.78 is 36.3. The molecule has 0 saturated carbocycles. The van der Waals surface area contributed by atoms with E-state index in [9.17, 15) is 0 Å². The Kier molecular flexibility index (Phi) is 6.27. The molecule has 1 heterocycles. The van der Waals surface area contributed by atoms with Crippen molar-refractivity contribution in [1.82, 2.24) is 0 Å². The predicted molar refractivity (Wildman–Crippen MR) is 76.4 cm³/mol. The van der Waals surface area contributed by atoms with Gasteiger partial charge in [-0.2, -0.15) is 4.57 Å². The fourth-order valence-electron chi connectivity index (χ4n) is 2.99. The predicted octanol–water partition coefficient (Wildman–Crippen LogP) is -0.942. The molecule has 0 N–H and O–H groups in total. The molecule has 0 atom stereocenters. The number of hydrogen-bond acceptors (Lipinski definition) is 4. The van der Waals surface area contributed by atoms with E-state index in [-0.39, 0.29) is 0 Å². The first kappa shape index (κ1) is 19.5. The fourth-order valence-corrected chi connectivity index (χ4v) is 2.99. The van der Waals surface area contributed by atoms with Crippen molar-refractivity contribution in [2.24, 2.45) is 0 Å². The molecular weight excluding hydrogens is 318 g/mol. The molecule has 0 aliphatic rings. The molecule has 2 aromatic rings. The van der Waals surface area contributed by atoms with Crippen LogP contribution in [0.4, 0.5) is 0 Å². The first-order valence-electron chi connectivity index (χ1n) is 7.10. The van der Waals surface area contributed by atoms with Gasteiger partial charge in [-0.25, -0.2) is 18.6 Å². The fraction of sp³-hybridized carbons (Fsp3) is 0.353. The molecular formula is C17H22ClNO4. The molecule has 0 fully saturated rings. The second kappa shape index (κ2) is 7.38. The largest absolute Gasteiger partial charge is 0.222 e. The third-order valence-electron chi connectivity index (χ3n) is 3.44. The Morgan fingerprint density at radius 2 is 0.957 bits per heavy atom. The Balaban J connectivity index is 0.000000463. The number of rotatable bonds is 1. The van der Waals surface area contributed by atoms with Crippen LogP contribution in [-0.2, 0) is 0 Å². The maximum atomic E-state index is 8.49. The zero-order valence-corrected chi connectivity index (χ0v) is 15.0. The lowest BCUT2D eigenvalue weighted by molar-refractivity contribution is -2.00. The van der Waals surface area contributed by atoms with E-state index in [1.165, 1.54) is 39.3 Å². The zero-order chi connectivity index (χ0) is 17.9. The summed E-state index contributed by atoms with van der Waals surface area (Å²) in [6, 6.07) is 9.00. The molecule has 0 aliphatic carbocycles. The summed E-state index contributed by atoms with van der Waals surface area (Å²) in [4.78, 5) is 0. The minimum atomic E-state index is -4.94. The van der Waals surface area contributed by atoms with Gasteiger partial charge in [0.25, 0.3) is 0 Å². The molecule has 1 aromatic heterocycles. The molecule has 0 radical (unpaired) electrons. The van der Waals surface area contributed by atoms with Gasteiger partial charge < -0.3 is 0 Å². The second-order valence-corrected chi connectivity index (χ2v) is 6.53. The molecule has 2 rings (SSSR count). The van der Waals surface area contributed by atoms with Gasteiger partial charge in [-0.3, -0.25) is 0 Å². The monoisotopic (exact) mass is 339 g/mol. The molecule has 1 aromatic carbocycles. The number of benzene rings is 1. The topological polar surface area (TPSA) is 96.1 Å². The molecule has 6 heteroatoms. The number of aromatic nitrogens is 1. The van der Waals surface area contributed by atoms with Crippen molar-refractivity contribution in [2.75, 3.05) is 0 Å². The van der Waals surface area contributed by atoms with E-state index >= 15 is 0 Å². The third kappa shape index (κ3) is 5.89. The van der Waals surface area contributed by atoms with E-state index in [1.54, 1.807) is 0 Å². The Labute approximate surface area is 139 Å². The van der Waals surface area contributed by atoms with Crippen LogP contribution in [0.5, 0.6) is 0 Å². The summed E-state index contributed by atoms with van der Waals surface area (Å²) in [5.41, 5.74) is 9.25. The summed E-state index contributed by atoms with van der Waals surface area (Å²) in [7, 11) is -4.94. The van der Waals surface area contributed by atoms with E-state index < -0.39 is 10.2 Å². The number of hydrogen-bond donors (Lipinski definition) is 0. The highest BCUT2D eigenvalue weighted by molar-refractivity contribution is 5.43. The highest BCUT2D eigenvalue weighted by Gasteiger charge is 2.19. The number of aryl methyl sites for hydroxylation is 6. The van der Waals surface area contributed by atoms with Gasteiger partial charge in [-0.15, -0.1) is 10.2 Å². The van der Waals surface area contributed by atoms with Crippen LogP contribution in [0.3, 0.4) is 0 Å². The van der Waals surface area contributed by atoms with Crippen LogP contribution in [0.15, 0.2) is 24.3 Å². The maximum absolute atomic E-state index is 8.49. The van der Waals surface area contributed by atoms with Crippen molar-refractivity contribution in [2.45, 2.75) is 41.5 Å². The van der Waals surface area contributed by atoms with Crippen molar-refractivity contribution in [3.05, 3.63) is 57.9 Å². The lowest BCUT2D eigenvalue weighted by atomic mass is 10.0. The maximum Gasteiger partial charge on any atom is 0.216 e. The summed E-state index contributed by atoms with van der Waals surface area (Å²) >= 11 is 0. The Hall–Kier alpha value is -1.50. The molecule has 23 heavy (non-hydrogen) atoms. The van der Waals surface area contributed by atoms with Gasteiger partial charge in [-0.1, -0.05) is 5.56 Å². The van der Waals surface area contributed by atoms with Crippen molar-refractivity contribution in [3.63, 3.8) is 0 Å². The second-order valence-electron chi connectivity index (χ2n) is 5.78. The quantitative estimate of drug-likeness (QED) is 0.626. The number of halogens is 1. The van der Waals surface area contributed by atoms with Gasteiger partial charge in [0.05, 0.1) is 0 Å². The minimum Gasteiger partial charge on any atom is -0.222 e. The normalized spacial score (nSPS) is 11.0. The van der Waals surface area contributed by atoms with Crippen LogP contribution in [0.25, 0.3) is 5.69 Å². The molecule has 0 saturated heterocycles. The van der Waals surface area contributed by atoms with Crippen molar-refractivity contribution >= 4 is 0 Å². The molecule has 0 amide bonds. The average Bonchev–Trinajstić information content (AvgIpc) is 2.28. The van der Waals surface area contributed by atoms with Crippen LogP contribution in [0, 0.1) is 51.8 Å². The highest BCUT2D eigenvalue weighted by Crippen LogP contribution is 2.18. The van der Waals surface area contributed by atoms with Crippen molar-refractivity contribution in [3.8, 4) is 5.69 Å². The first-order chi connectivity index (χ1) is 10.4. The lowest BCUT2D eigenvalue weighted by Gasteiger charge is -2.17. The van der Waals surface area contributed by atoms with E-state index in [0.29, 0.717) is 0 Å². The Bertz CT molecular complexity index is 601. The van der Waals surface area contributed by atoms with Crippen LogP contribution in [0.1, 0.15) is 33.6 Å². The van der Waals surface area contributed by atoms with Crippen LogP contribution >= 0.6 is 0 Å². The number of nitrogens with zero attached hydrogens (tertiary/aromatic N) is 1. The summed E-state index contributed by atoms with van der Waals surface area (Å²) in [6.45, 7) is 13.1. The summed E-state index contributed by atoms with van der Waals surface area (Å²) in [6.07, 6.45) is 0. The molecule has 0 bridgehead atoms. The molecule has 0 unspecified atom stereocenters. The lowest BCUT2D eigenvalue weighted by Crippen LogP contribution is -2.68. The van der Waals surface area contributed by atoms with Gasteiger partial charge in [0.15, 0.2) is 11.4 Å². The molecule has 5 nitrogen and oxygen atoms in total. The van der Waals surface area contributed by atoms with Gasteiger partial charge in [-0.05, 0) is 45.4 Å². The van der Waals surface area contributed by atoms with E-state index in [0.717, 1.165) is 0 Å². The van der Waals surface area contributed by atoms with Gasteiger partial charge in [0, 0.05) is 37.1 Å². The van der Waals surface area contributed by atoms with Crippen LogP contribution < -0.4 is 23.2 Å². The molecule has 0 aliphatic heterocycles. The van der Waals surface area contributed by atoms with Gasteiger partial charge in [0.2, 0.25) is 5.69 Å². The van der Waals surface area contributed by atoms with E-state index in [1.807, 2.05) is 0 Å².